The molecule has 0 bridgehead atoms. The van der Waals surface area contributed by atoms with Crippen LogP contribution in [0.4, 0.5) is 11.5 Å². The second-order valence-corrected chi connectivity index (χ2v) is 3.99. The van der Waals surface area contributed by atoms with Crippen LogP contribution in [0.15, 0.2) is 30.9 Å². The summed E-state index contributed by atoms with van der Waals surface area (Å²) in [5.41, 5.74) is 2.08. The van der Waals surface area contributed by atoms with Crippen LogP contribution in [0.1, 0.15) is 0 Å². The average Bonchev–Trinajstić information content (AvgIpc) is 2.96. The summed E-state index contributed by atoms with van der Waals surface area (Å²) in [7, 11) is 3.19. The molecule has 102 valence electrons. The maximum Gasteiger partial charge on any atom is 0.184 e. The third kappa shape index (κ3) is 1.99. The Hall–Kier alpha value is -2.83. The summed E-state index contributed by atoms with van der Waals surface area (Å²) in [6.07, 6.45) is 3.04. The molecule has 0 aliphatic rings. The lowest BCUT2D eigenvalue weighted by Crippen LogP contribution is -1.99. The van der Waals surface area contributed by atoms with E-state index in [2.05, 4.69) is 25.3 Å². The summed E-state index contributed by atoms with van der Waals surface area (Å²) < 4.78 is 10.6. The predicted molar refractivity (Wildman–Crippen MR) is 74.5 cm³/mol. The van der Waals surface area contributed by atoms with Gasteiger partial charge in [0.05, 0.1) is 26.2 Å². The summed E-state index contributed by atoms with van der Waals surface area (Å²) in [5, 5.41) is 3.19. The van der Waals surface area contributed by atoms with Crippen molar-refractivity contribution in [2.45, 2.75) is 0 Å². The van der Waals surface area contributed by atoms with E-state index in [1.165, 1.54) is 6.33 Å². The van der Waals surface area contributed by atoms with E-state index in [4.69, 9.17) is 9.47 Å². The molecule has 7 nitrogen and oxygen atoms in total. The number of methoxy groups -OCH3 is 2. The molecule has 20 heavy (non-hydrogen) atoms. The van der Waals surface area contributed by atoms with E-state index in [-0.39, 0.29) is 0 Å². The lowest BCUT2D eigenvalue weighted by molar-refractivity contribution is 0.356. The molecule has 0 atom stereocenters. The van der Waals surface area contributed by atoms with E-state index < -0.39 is 0 Å². The number of aromatic amines is 1. The third-order valence-electron chi connectivity index (χ3n) is 2.87. The van der Waals surface area contributed by atoms with E-state index >= 15 is 0 Å². The van der Waals surface area contributed by atoms with Crippen LogP contribution in [0.5, 0.6) is 11.5 Å². The smallest absolute Gasteiger partial charge is 0.184 e. The van der Waals surface area contributed by atoms with Crippen LogP contribution in [0.2, 0.25) is 0 Å². The molecule has 0 fully saturated rings. The second kappa shape index (κ2) is 5.04. The third-order valence-corrected chi connectivity index (χ3v) is 2.87. The fourth-order valence-electron chi connectivity index (χ4n) is 1.97. The van der Waals surface area contributed by atoms with Gasteiger partial charge in [0.2, 0.25) is 0 Å². The largest absolute Gasteiger partial charge is 0.493 e. The molecule has 2 N–H and O–H groups in total. The molecule has 7 heteroatoms. The first kappa shape index (κ1) is 12.2. The number of H-pyrrole nitrogens is 1. The maximum absolute atomic E-state index is 5.37. The molecule has 3 rings (SSSR count). The van der Waals surface area contributed by atoms with Gasteiger partial charge in [0.1, 0.15) is 6.33 Å². The van der Waals surface area contributed by atoms with Gasteiger partial charge in [-0.2, -0.15) is 0 Å². The molecule has 0 radical (unpaired) electrons. The fourth-order valence-corrected chi connectivity index (χ4v) is 1.97. The quantitative estimate of drug-likeness (QED) is 0.756. The van der Waals surface area contributed by atoms with Gasteiger partial charge in [-0.1, -0.05) is 6.07 Å². The Balaban J connectivity index is 2.05. The second-order valence-electron chi connectivity index (χ2n) is 3.99. The number of rotatable bonds is 4. The molecule has 0 unspecified atom stereocenters. The topological polar surface area (TPSA) is 85.0 Å². The highest BCUT2D eigenvalue weighted by atomic mass is 16.5. The Morgan fingerprint density at radius 1 is 1.10 bits per heavy atom. The number of ether oxygens (including phenoxy) is 2. The Morgan fingerprint density at radius 2 is 2.00 bits per heavy atom. The minimum absolute atomic E-state index is 0.600. The van der Waals surface area contributed by atoms with Crippen molar-refractivity contribution in [1.82, 2.24) is 19.9 Å². The minimum atomic E-state index is 0.600. The summed E-state index contributed by atoms with van der Waals surface area (Å²) >= 11 is 0. The van der Waals surface area contributed by atoms with Crippen molar-refractivity contribution in [3.63, 3.8) is 0 Å². The number of nitrogens with zero attached hydrogens (tertiary/aromatic N) is 3. The summed E-state index contributed by atoms with van der Waals surface area (Å²) in [6, 6.07) is 5.57. The molecule has 0 aliphatic heterocycles. The van der Waals surface area contributed by atoms with E-state index in [9.17, 15) is 0 Å². The van der Waals surface area contributed by atoms with Gasteiger partial charge in [0.15, 0.2) is 28.5 Å². The van der Waals surface area contributed by atoms with Crippen LogP contribution >= 0.6 is 0 Å². The predicted octanol–water partition coefficient (Wildman–Crippen LogP) is 2.11. The van der Waals surface area contributed by atoms with Crippen molar-refractivity contribution in [3.8, 4) is 11.5 Å². The highest BCUT2D eigenvalue weighted by Crippen LogP contribution is 2.36. The van der Waals surface area contributed by atoms with Gasteiger partial charge in [0, 0.05) is 0 Å². The van der Waals surface area contributed by atoms with E-state index in [1.807, 2.05) is 18.2 Å². The first-order valence-electron chi connectivity index (χ1n) is 5.95. The molecule has 2 heterocycles. The fraction of sp³-hybridized carbons (Fsp3) is 0.154. The monoisotopic (exact) mass is 271 g/mol. The van der Waals surface area contributed by atoms with Crippen molar-refractivity contribution < 1.29 is 9.47 Å². The van der Waals surface area contributed by atoms with Crippen LogP contribution in [0.25, 0.3) is 11.2 Å². The van der Waals surface area contributed by atoms with Crippen molar-refractivity contribution in [2.24, 2.45) is 0 Å². The van der Waals surface area contributed by atoms with Gasteiger partial charge in [-0.25, -0.2) is 15.0 Å². The summed E-state index contributed by atoms with van der Waals surface area (Å²) in [6.45, 7) is 0. The van der Waals surface area contributed by atoms with Crippen LogP contribution in [0, 0.1) is 0 Å². The Kier molecular flexibility index (Phi) is 3.08. The van der Waals surface area contributed by atoms with Gasteiger partial charge in [-0.3, -0.25) is 0 Å². The number of nitrogens with one attached hydrogen (secondary N) is 2. The highest BCUT2D eigenvalue weighted by Gasteiger charge is 2.12. The van der Waals surface area contributed by atoms with Crippen molar-refractivity contribution in [1.29, 1.82) is 0 Å². The molecule has 0 spiro atoms. The van der Waals surface area contributed by atoms with Crippen molar-refractivity contribution in [3.05, 3.63) is 30.9 Å². The summed E-state index contributed by atoms with van der Waals surface area (Å²) in [4.78, 5) is 15.4. The first-order chi connectivity index (χ1) is 9.83. The molecule has 0 amide bonds. The number of benzene rings is 1. The summed E-state index contributed by atoms with van der Waals surface area (Å²) in [5.74, 6) is 1.85. The normalized spacial score (nSPS) is 10.5. The Morgan fingerprint density at radius 3 is 2.80 bits per heavy atom. The lowest BCUT2D eigenvalue weighted by Gasteiger charge is -2.13. The van der Waals surface area contributed by atoms with E-state index in [0.29, 0.717) is 28.5 Å². The van der Waals surface area contributed by atoms with E-state index in [1.54, 1.807) is 20.5 Å². The number of imidazole rings is 1. The zero-order valence-electron chi connectivity index (χ0n) is 11.0. The standard InChI is InChI=1S/C13H13N5O2/c1-19-9-5-3-4-8(11(9)20-2)18-13-10-12(15-6-14-10)16-7-17-13/h3-7H,1-2H3,(H2,14,15,16,17,18). The van der Waals surface area contributed by atoms with Gasteiger partial charge in [0.25, 0.3) is 0 Å². The SMILES string of the molecule is COc1cccc(Nc2ncnc3[nH]cnc23)c1OC. The van der Waals surface area contributed by atoms with Gasteiger partial charge in [-0.05, 0) is 12.1 Å². The van der Waals surface area contributed by atoms with Gasteiger partial charge in [-0.15, -0.1) is 0 Å². The van der Waals surface area contributed by atoms with Crippen LogP contribution in [-0.4, -0.2) is 34.2 Å². The van der Waals surface area contributed by atoms with Gasteiger partial charge < -0.3 is 19.8 Å². The zero-order valence-corrected chi connectivity index (χ0v) is 11.0. The van der Waals surface area contributed by atoms with Crippen LogP contribution in [0.3, 0.4) is 0 Å². The molecule has 0 saturated carbocycles. The van der Waals surface area contributed by atoms with Crippen molar-refractivity contribution in [2.75, 3.05) is 19.5 Å². The number of hydrogen-bond acceptors (Lipinski definition) is 6. The van der Waals surface area contributed by atoms with Crippen molar-refractivity contribution >= 4 is 22.7 Å². The molecule has 3 aromatic rings. The first-order valence-corrected chi connectivity index (χ1v) is 5.95. The molecule has 0 aliphatic carbocycles. The Bertz CT molecular complexity index is 740. The van der Waals surface area contributed by atoms with Crippen LogP contribution in [-0.2, 0) is 0 Å². The molecular weight excluding hydrogens is 258 g/mol. The van der Waals surface area contributed by atoms with Gasteiger partial charge >= 0.3 is 0 Å². The number of anilines is 2. The molecule has 0 saturated heterocycles. The maximum atomic E-state index is 5.37. The lowest BCUT2D eigenvalue weighted by atomic mass is 10.2. The molecular formula is C13H13N5O2. The number of para-hydroxylation sites is 1. The number of aromatic nitrogens is 4. The van der Waals surface area contributed by atoms with Crippen LogP contribution < -0.4 is 14.8 Å². The Labute approximate surface area is 115 Å². The number of fused-ring (bicyclic) bond motifs is 1. The highest BCUT2D eigenvalue weighted by molar-refractivity contribution is 5.85. The zero-order chi connectivity index (χ0) is 13.9. The molecule has 2 aromatic heterocycles. The van der Waals surface area contributed by atoms with E-state index in [0.717, 1.165) is 5.69 Å². The average molecular weight is 271 g/mol. The number of hydrogen-bond donors (Lipinski definition) is 2. The minimum Gasteiger partial charge on any atom is -0.493 e. The molecule has 1 aromatic carbocycles.